The standard InChI is InChI=1S/C14H18FNOS/c1-18-11-6-8-16(9-7-11)10-14(17)12-4-2-3-5-13(12)15/h2-5,11H,6-10H2,1H3. The van der Waals surface area contributed by atoms with Crippen LogP contribution in [-0.4, -0.2) is 41.8 Å². The summed E-state index contributed by atoms with van der Waals surface area (Å²) >= 11 is 1.89. The molecule has 0 aliphatic carbocycles. The lowest BCUT2D eigenvalue weighted by Crippen LogP contribution is -2.38. The van der Waals surface area contributed by atoms with Gasteiger partial charge in [0.2, 0.25) is 0 Å². The van der Waals surface area contributed by atoms with Gasteiger partial charge in [-0.05, 0) is 44.3 Å². The molecule has 1 fully saturated rings. The molecule has 1 aromatic carbocycles. The number of nitrogens with zero attached hydrogens (tertiary/aromatic N) is 1. The van der Waals surface area contributed by atoms with Crippen molar-refractivity contribution in [3.05, 3.63) is 35.6 Å². The molecular weight excluding hydrogens is 249 g/mol. The first-order valence-electron chi connectivity index (χ1n) is 6.23. The summed E-state index contributed by atoms with van der Waals surface area (Å²) < 4.78 is 13.5. The summed E-state index contributed by atoms with van der Waals surface area (Å²) in [6.45, 7) is 2.21. The predicted octanol–water partition coefficient (Wildman–Crippen LogP) is 2.84. The third-order valence-electron chi connectivity index (χ3n) is 3.41. The topological polar surface area (TPSA) is 20.3 Å². The number of ketones is 1. The predicted molar refractivity (Wildman–Crippen MR) is 73.7 cm³/mol. The Morgan fingerprint density at radius 2 is 2.06 bits per heavy atom. The highest BCUT2D eigenvalue weighted by Gasteiger charge is 2.21. The lowest BCUT2D eigenvalue weighted by molar-refractivity contribution is 0.0913. The van der Waals surface area contributed by atoms with Crippen molar-refractivity contribution < 1.29 is 9.18 Å². The van der Waals surface area contributed by atoms with Gasteiger partial charge in [0.1, 0.15) is 5.82 Å². The number of carbonyl (C=O) groups excluding carboxylic acids is 1. The van der Waals surface area contributed by atoms with E-state index in [4.69, 9.17) is 0 Å². The van der Waals surface area contributed by atoms with Crippen molar-refractivity contribution in [2.45, 2.75) is 18.1 Å². The average molecular weight is 267 g/mol. The highest BCUT2D eigenvalue weighted by atomic mass is 32.2. The summed E-state index contributed by atoms with van der Waals surface area (Å²) in [7, 11) is 0. The van der Waals surface area contributed by atoms with E-state index < -0.39 is 5.82 Å². The Morgan fingerprint density at radius 1 is 1.39 bits per heavy atom. The van der Waals surface area contributed by atoms with Gasteiger partial charge < -0.3 is 0 Å². The fraction of sp³-hybridized carbons (Fsp3) is 0.500. The van der Waals surface area contributed by atoms with Gasteiger partial charge in [-0.3, -0.25) is 9.69 Å². The number of halogens is 1. The Balaban J connectivity index is 1.91. The van der Waals surface area contributed by atoms with Crippen LogP contribution in [0.25, 0.3) is 0 Å². The van der Waals surface area contributed by atoms with Crippen molar-refractivity contribution in [1.29, 1.82) is 0 Å². The van der Waals surface area contributed by atoms with Gasteiger partial charge in [-0.1, -0.05) is 12.1 Å². The van der Waals surface area contributed by atoms with Crippen molar-refractivity contribution in [3.8, 4) is 0 Å². The smallest absolute Gasteiger partial charge is 0.179 e. The lowest BCUT2D eigenvalue weighted by atomic mass is 10.1. The first-order valence-corrected chi connectivity index (χ1v) is 7.52. The second-order valence-corrected chi connectivity index (χ2v) is 5.75. The van der Waals surface area contributed by atoms with E-state index in [2.05, 4.69) is 11.2 Å². The molecule has 0 aromatic heterocycles. The molecule has 0 unspecified atom stereocenters. The van der Waals surface area contributed by atoms with Crippen LogP contribution >= 0.6 is 11.8 Å². The molecule has 0 spiro atoms. The Morgan fingerprint density at radius 3 is 2.67 bits per heavy atom. The van der Waals surface area contributed by atoms with Crippen LogP contribution < -0.4 is 0 Å². The molecule has 0 atom stereocenters. The Bertz CT molecular complexity index is 416. The Labute approximate surface area is 112 Å². The minimum Gasteiger partial charge on any atom is -0.296 e. The number of hydrogen-bond acceptors (Lipinski definition) is 3. The van der Waals surface area contributed by atoms with Gasteiger partial charge in [0.25, 0.3) is 0 Å². The molecule has 0 bridgehead atoms. The highest BCUT2D eigenvalue weighted by molar-refractivity contribution is 7.99. The first kappa shape index (κ1) is 13.6. The van der Waals surface area contributed by atoms with Crippen LogP contribution in [0.4, 0.5) is 4.39 Å². The molecule has 0 radical (unpaired) electrons. The van der Waals surface area contributed by atoms with E-state index in [9.17, 15) is 9.18 Å². The van der Waals surface area contributed by atoms with Gasteiger partial charge in [0.15, 0.2) is 5.78 Å². The fourth-order valence-electron chi connectivity index (χ4n) is 2.28. The molecule has 1 aliphatic rings. The molecular formula is C14H18FNOS. The van der Waals surface area contributed by atoms with E-state index in [1.54, 1.807) is 18.2 Å². The van der Waals surface area contributed by atoms with Gasteiger partial charge in [-0.15, -0.1) is 0 Å². The number of carbonyl (C=O) groups is 1. The second-order valence-electron chi connectivity index (χ2n) is 4.61. The summed E-state index contributed by atoms with van der Waals surface area (Å²) in [6, 6.07) is 6.21. The Hall–Kier alpha value is -0.870. The third kappa shape index (κ3) is 3.33. The van der Waals surface area contributed by atoms with Crippen molar-refractivity contribution in [2.75, 3.05) is 25.9 Å². The molecule has 0 amide bonds. The molecule has 0 saturated carbocycles. The fourth-order valence-corrected chi connectivity index (χ4v) is 2.96. The van der Waals surface area contributed by atoms with Crippen LogP contribution in [0.15, 0.2) is 24.3 Å². The first-order chi connectivity index (χ1) is 8.70. The maximum atomic E-state index is 13.5. The summed E-state index contributed by atoms with van der Waals surface area (Å²) in [5.41, 5.74) is 0.212. The largest absolute Gasteiger partial charge is 0.296 e. The summed E-state index contributed by atoms with van der Waals surface area (Å²) in [5, 5.41) is 0.713. The summed E-state index contributed by atoms with van der Waals surface area (Å²) in [6.07, 6.45) is 4.36. The quantitative estimate of drug-likeness (QED) is 0.782. The van der Waals surface area contributed by atoms with E-state index >= 15 is 0 Å². The highest BCUT2D eigenvalue weighted by Crippen LogP contribution is 2.21. The number of likely N-dealkylation sites (tertiary alicyclic amines) is 1. The Kier molecular flexibility index (Phi) is 4.78. The second kappa shape index (κ2) is 6.34. The number of rotatable bonds is 4. The molecule has 1 heterocycles. The molecule has 18 heavy (non-hydrogen) atoms. The van der Waals surface area contributed by atoms with Gasteiger partial charge >= 0.3 is 0 Å². The number of hydrogen-bond donors (Lipinski definition) is 0. The molecule has 1 aliphatic heterocycles. The number of thioether (sulfide) groups is 1. The number of Topliss-reactive ketones (excluding diaryl/α,β-unsaturated/α-hetero) is 1. The third-order valence-corrected chi connectivity index (χ3v) is 4.55. The van der Waals surface area contributed by atoms with Crippen LogP contribution in [0.1, 0.15) is 23.2 Å². The van der Waals surface area contributed by atoms with Crippen molar-refractivity contribution >= 4 is 17.5 Å². The van der Waals surface area contributed by atoms with E-state index in [1.165, 1.54) is 6.07 Å². The average Bonchev–Trinajstić information content (AvgIpc) is 2.40. The van der Waals surface area contributed by atoms with Crippen LogP contribution in [0, 0.1) is 5.82 Å². The minimum atomic E-state index is -0.415. The van der Waals surface area contributed by atoms with E-state index in [-0.39, 0.29) is 11.3 Å². The molecule has 1 aromatic rings. The van der Waals surface area contributed by atoms with Crippen LogP contribution in [0.3, 0.4) is 0 Å². The SMILES string of the molecule is CSC1CCN(CC(=O)c2ccccc2F)CC1. The monoisotopic (exact) mass is 267 g/mol. The molecule has 4 heteroatoms. The number of benzene rings is 1. The normalized spacial score (nSPS) is 17.9. The molecule has 0 N–H and O–H groups in total. The van der Waals surface area contributed by atoms with E-state index in [0.29, 0.717) is 11.8 Å². The van der Waals surface area contributed by atoms with E-state index in [0.717, 1.165) is 25.9 Å². The lowest BCUT2D eigenvalue weighted by Gasteiger charge is -2.30. The molecule has 98 valence electrons. The van der Waals surface area contributed by atoms with Crippen molar-refractivity contribution in [1.82, 2.24) is 4.90 Å². The maximum absolute atomic E-state index is 13.5. The van der Waals surface area contributed by atoms with Crippen LogP contribution in [-0.2, 0) is 0 Å². The van der Waals surface area contributed by atoms with Gasteiger partial charge in [0, 0.05) is 5.25 Å². The van der Waals surface area contributed by atoms with Crippen molar-refractivity contribution in [2.24, 2.45) is 0 Å². The van der Waals surface area contributed by atoms with Crippen molar-refractivity contribution in [3.63, 3.8) is 0 Å². The summed E-state index contributed by atoms with van der Waals surface area (Å²) in [4.78, 5) is 14.1. The van der Waals surface area contributed by atoms with Gasteiger partial charge in [-0.25, -0.2) is 4.39 Å². The molecule has 2 rings (SSSR count). The summed E-state index contributed by atoms with van der Waals surface area (Å²) in [5.74, 6) is -0.530. The van der Waals surface area contributed by atoms with Crippen LogP contribution in [0.2, 0.25) is 0 Å². The molecule has 2 nitrogen and oxygen atoms in total. The zero-order valence-electron chi connectivity index (χ0n) is 10.6. The zero-order valence-corrected chi connectivity index (χ0v) is 11.4. The zero-order chi connectivity index (χ0) is 13.0. The number of piperidine rings is 1. The van der Waals surface area contributed by atoms with Gasteiger partial charge in [-0.2, -0.15) is 11.8 Å². The minimum absolute atomic E-state index is 0.115. The van der Waals surface area contributed by atoms with Gasteiger partial charge in [0.05, 0.1) is 12.1 Å². The molecule has 1 saturated heterocycles. The van der Waals surface area contributed by atoms with Crippen LogP contribution in [0.5, 0.6) is 0 Å². The van der Waals surface area contributed by atoms with E-state index in [1.807, 2.05) is 11.8 Å². The maximum Gasteiger partial charge on any atom is 0.179 e.